The van der Waals surface area contributed by atoms with Crippen LogP contribution in [0.25, 0.3) is 0 Å². The molecule has 0 fully saturated rings. The van der Waals surface area contributed by atoms with Crippen LogP contribution < -0.4 is 5.32 Å². The molecule has 1 aromatic heterocycles. The second-order valence-electron chi connectivity index (χ2n) is 5.00. The van der Waals surface area contributed by atoms with Gasteiger partial charge in [0.05, 0.1) is 5.69 Å². The lowest BCUT2D eigenvalue weighted by atomic mass is 10.0. The van der Waals surface area contributed by atoms with Crippen LogP contribution in [0.5, 0.6) is 0 Å². The van der Waals surface area contributed by atoms with Gasteiger partial charge in [-0.2, -0.15) is 0 Å². The highest BCUT2D eigenvalue weighted by molar-refractivity contribution is 5.86. The third kappa shape index (κ3) is 1.59. The van der Waals surface area contributed by atoms with Crippen LogP contribution in [0.3, 0.4) is 0 Å². The first-order valence-corrected chi connectivity index (χ1v) is 6.21. The van der Waals surface area contributed by atoms with E-state index in [-0.39, 0.29) is 0 Å². The lowest BCUT2D eigenvalue weighted by Crippen LogP contribution is -2.13. The summed E-state index contributed by atoms with van der Waals surface area (Å²) in [5.41, 5.74) is 5.36. The molecule has 17 heavy (non-hydrogen) atoms. The molecule has 1 amide bonds. The van der Waals surface area contributed by atoms with Gasteiger partial charge in [0.2, 0.25) is 0 Å². The van der Waals surface area contributed by atoms with E-state index in [1.807, 2.05) is 0 Å². The average molecular weight is 232 g/mol. The standard InChI is InChI=1S/C13H16N2O2/c1-7-5-6-9-11(7)14-10-4-2-3-8(10)12(9)15-13(16)17/h7H,2-6H2,1H3,(H,14,15)(H,16,17)/t7-/m1/s1. The highest BCUT2D eigenvalue weighted by Crippen LogP contribution is 2.40. The molecule has 0 aromatic carbocycles. The van der Waals surface area contributed by atoms with Crippen molar-refractivity contribution in [3.63, 3.8) is 0 Å². The third-order valence-electron chi connectivity index (χ3n) is 3.88. The van der Waals surface area contributed by atoms with E-state index in [4.69, 9.17) is 10.1 Å². The fourth-order valence-corrected chi connectivity index (χ4v) is 3.06. The summed E-state index contributed by atoms with van der Waals surface area (Å²) in [5.74, 6) is 0.463. The maximum atomic E-state index is 10.9. The summed E-state index contributed by atoms with van der Waals surface area (Å²) >= 11 is 0. The Hall–Kier alpha value is -1.58. The minimum Gasteiger partial charge on any atom is -0.465 e. The van der Waals surface area contributed by atoms with Crippen molar-refractivity contribution < 1.29 is 9.90 Å². The van der Waals surface area contributed by atoms with Crippen molar-refractivity contribution in [1.29, 1.82) is 0 Å². The first-order valence-electron chi connectivity index (χ1n) is 6.21. The van der Waals surface area contributed by atoms with Gasteiger partial charge in [-0.1, -0.05) is 6.92 Å². The molecule has 4 heteroatoms. The Balaban J connectivity index is 2.17. The lowest BCUT2D eigenvalue weighted by Gasteiger charge is -2.14. The smallest absolute Gasteiger partial charge is 0.409 e. The number of rotatable bonds is 1. The Bertz CT molecular complexity index is 497. The molecule has 2 N–H and O–H groups in total. The van der Waals surface area contributed by atoms with Crippen molar-refractivity contribution in [2.75, 3.05) is 5.32 Å². The maximum Gasteiger partial charge on any atom is 0.409 e. The zero-order chi connectivity index (χ0) is 12.0. The number of pyridine rings is 1. The zero-order valence-corrected chi connectivity index (χ0v) is 9.92. The third-order valence-corrected chi connectivity index (χ3v) is 3.88. The van der Waals surface area contributed by atoms with Crippen LogP contribution >= 0.6 is 0 Å². The molecule has 4 nitrogen and oxygen atoms in total. The van der Waals surface area contributed by atoms with Crippen molar-refractivity contribution >= 4 is 11.8 Å². The van der Waals surface area contributed by atoms with Crippen LogP contribution in [-0.2, 0) is 19.3 Å². The number of hydrogen-bond donors (Lipinski definition) is 2. The summed E-state index contributed by atoms with van der Waals surface area (Å²) in [5, 5.41) is 11.6. The molecule has 1 atom stereocenters. The average Bonchev–Trinajstić information content (AvgIpc) is 2.86. The van der Waals surface area contributed by atoms with E-state index < -0.39 is 6.09 Å². The van der Waals surface area contributed by atoms with Crippen LogP contribution in [0, 0.1) is 0 Å². The molecule has 0 radical (unpaired) electrons. The van der Waals surface area contributed by atoms with Crippen molar-refractivity contribution in [1.82, 2.24) is 4.98 Å². The number of aryl methyl sites for hydroxylation is 1. The lowest BCUT2D eigenvalue weighted by molar-refractivity contribution is 0.209. The molecule has 0 saturated carbocycles. The molecule has 2 aliphatic rings. The Morgan fingerprint density at radius 2 is 2.18 bits per heavy atom. The highest BCUT2D eigenvalue weighted by Gasteiger charge is 2.29. The first kappa shape index (κ1) is 10.6. The summed E-state index contributed by atoms with van der Waals surface area (Å²) in [6.45, 7) is 2.17. The van der Waals surface area contributed by atoms with Crippen LogP contribution in [0.15, 0.2) is 0 Å². The molecule has 3 rings (SSSR count). The van der Waals surface area contributed by atoms with Crippen LogP contribution in [0.4, 0.5) is 10.5 Å². The SMILES string of the molecule is C[C@@H]1CCc2c1nc1c(c2NC(=O)O)CCC1. The fraction of sp³-hybridized carbons (Fsp3) is 0.538. The van der Waals surface area contributed by atoms with Gasteiger partial charge >= 0.3 is 6.09 Å². The van der Waals surface area contributed by atoms with Crippen LogP contribution in [0.1, 0.15) is 48.2 Å². The van der Waals surface area contributed by atoms with Crippen molar-refractivity contribution in [3.8, 4) is 0 Å². The molecule has 1 aromatic rings. The number of hydrogen-bond acceptors (Lipinski definition) is 2. The number of carboxylic acid groups (broad SMARTS) is 1. The molecule has 0 bridgehead atoms. The summed E-state index contributed by atoms with van der Waals surface area (Å²) in [4.78, 5) is 15.7. The number of fused-ring (bicyclic) bond motifs is 2. The Morgan fingerprint density at radius 1 is 1.35 bits per heavy atom. The summed E-state index contributed by atoms with van der Waals surface area (Å²) in [6.07, 6.45) is 4.11. The van der Waals surface area contributed by atoms with E-state index in [1.54, 1.807) is 0 Å². The summed E-state index contributed by atoms with van der Waals surface area (Å²) < 4.78 is 0. The number of anilines is 1. The second-order valence-corrected chi connectivity index (χ2v) is 5.00. The van der Waals surface area contributed by atoms with E-state index in [9.17, 15) is 4.79 Å². The van der Waals surface area contributed by atoms with Gasteiger partial charge in [0.25, 0.3) is 0 Å². The maximum absolute atomic E-state index is 10.9. The van der Waals surface area contributed by atoms with Gasteiger partial charge in [-0.05, 0) is 49.1 Å². The summed E-state index contributed by atoms with van der Waals surface area (Å²) in [7, 11) is 0. The monoisotopic (exact) mass is 232 g/mol. The van der Waals surface area contributed by atoms with Crippen LogP contribution in [0.2, 0.25) is 0 Å². The van der Waals surface area contributed by atoms with Gasteiger partial charge in [-0.15, -0.1) is 0 Å². The quantitative estimate of drug-likeness (QED) is 0.782. The normalized spacial score (nSPS) is 21.1. The molecular weight excluding hydrogens is 216 g/mol. The van der Waals surface area contributed by atoms with Gasteiger partial charge in [-0.3, -0.25) is 10.3 Å². The van der Waals surface area contributed by atoms with E-state index in [1.165, 1.54) is 0 Å². The fourth-order valence-electron chi connectivity index (χ4n) is 3.06. The number of amides is 1. The first-order chi connectivity index (χ1) is 8.16. The van der Waals surface area contributed by atoms with E-state index in [0.717, 1.165) is 60.3 Å². The Morgan fingerprint density at radius 3 is 2.94 bits per heavy atom. The van der Waals surface area contributed by atoms with Crippen LogP contribution in [-0.4, -0.2) is 16.2 Å². The van der Waals surface area contributed by atoms with Gasteiger partial charge in [-0.25, -0.2) is 4.79 Å². The molecular formula is C13H16N2O2. The van der Waals surface area contributed by atoms with E-state index in [2.05, 4.69) is 12.2 Å². The van der Waals surface area contributed by atoms with Gasteiger partial charge < -0.3 is 5.11 Å². The van der Waals surface area contributed by atoms with Gasteiger partial charge in [0.15, 0.2) is 0 Å². The van der Waals surface area contributed by atoms with Gasteiger partial charge in [0, 0.05) is 11.4 Å². The molecule has 0 saturated heterocycles. The van der Waals surface area contributed by atoms with E-state index >= 15 is 0 Å². The number of nitrogens with one attached hydrogen (secondary N) is 1. The minimum atomic E-state index is -0.966. The molecule has 2 aliphatic carbocycles. The van der Waals surface area contributed by atoms with Crippen molar-refractivity contribution in [2.45, 2.75) is 44.9 Å². The molecule has 0 unspecified atom stereocenters. The minimum absolute atomic E-state index is 0.463. The number of aromatic nitrogens is 1. The molecule has 0 aliphatic heterocycles. The van der Waals surface area contributed by atoms with Gasteiger partial charge in [0.1, 0.15) is 0 Å². The van der Waals surface area contributed by atoms with Crippen molar-refractivity contribution in [2.24, 2.45) is 0 Å². The number of carbonyl (C=O) groups is 1. The summed E-state index contributed by atoms with van der Waals surface area (Å²) in [6, 6.07) is 0. The number of nitrogens with zero attached hydrogens (tertiary/aromatic N) is 1. The molecule has 1 heterocycles. The molecule has 0 spiro atoms. The largest absolute Gasteiger partial charge is 0.465 e. The van der Waals surface area contributed by atoms with E-state index in [0.29, 0.717) is 5.92 Å². The predicted molar refractivity (Wildman–Crippen MR) is 64.6 cm³/mol. The second kappa shape index (κ2) is 3.72. The van der Waals surface area contributed by atoms with Crippen molar-refractivity contribution in [3.05, 3.63) is 22.5 Å². The Kier molecular flexibility index (Phi) is 2.31. The topological polar surface area (TPSA) is 62.2 Å². The predicted octanol–water partition coefficient (Wildman–Crippen LogP) is 2.71. The Labute approximate surface area is 100 Å². The zero-order valence-electron chi connectivity index (χ0n) is 9.92. The highest BCUT2D eigenvalue weighted by atomic mass is 16.4. The molecule has 90 valence electrons.